The summed E-state index contributed by atoms with van der Waals surface area (Å²) in [5, 5.41) is 14.5. The van der Waals surface area contributed by atoms with Crippen LogP contribution in [0, 0.1) is 5.82 Å². The Kier molecular flexibility index (Phi) is 7.39. The summed E-state index contributed by atoms with van der Waals surface area (Å²) < 4.78 is 28.9. The monoisotopic (exact) mass is 576 g/mol. The van der Waals surface area contributed by atoms with Gasteiger partial charge in [0.25, 0.3) is 0 Å². The molecule has 0 aliphatic carbocycles. The van der Waals surface area contributed by atoms with Crippen molar-refractivity contribution in [1.82, 2.24) is 29.2 Å². The highest BCUT2D eigenvalue weighted by Gasteiger charge is 2.25. The first-order chi connectivity index (χ1) is 19.9. The van der Waals surface area contributed by atoms with E-state index in [4.69, 9.17) is 31.2 Å². The lowest BCUT2D eigenvalue weighted by atomic mass is 10.2. The number of ether oxygens (including phenoxy) is 2. The third-order valence-electron chi connectivity index (χ3n) is 6.94. The number of aromatic carboxylic acids is 1. The fraction of sp³-hybridized carbons (Fsp3) is 0.241. The van der Waals surface area contributed by atoms with Crippen molar-refractivity contribution in [3.05, 3.63) is 99.8 Å². The number of carbonyl (C=O) groups is 1. The van der Waals surface area contributed by atoms with Gasteiger partial charge in [0, 0.05) is 55.2 Å². The van der Waals surface area contributed by atoms with Crippen LogP contribution in [0.2, 0.25) is 5.02 Å². The van der Waals surface area contributed by atoms with E-state index >= 15 is 0 Å². The summed E-state index contributed by atoms with van der Waals surface area (Å²) in [5.41, 5.74) is 4.14. The number of methoxy groups -OCH3 is 1. The molecule has 2 aromatic carbocycles. The Bertz CT molecular complexity index is 1730. The first-order valence-electron chi connectivity index (χ1n) is 12.9. The summed E-state index contributed by atoms with van der Waals surface area (Å²) >= 11 is 5.83. The molecule has 0 bridgehead atoms. The third-order valence-corrected chi connectivity index (χ3v) is 7.17. The fourth-order valence-corrected chi connectivity index (χ4v) is 5.07. The van der Waals surface area contributed by atoms with Crippen LogP contribution in [0.3, 0.4) is 0 Å². The van der Waals surface area contributed by atoms with Crippen LogP contribution in [0.5, 0.6) is 5.88 Å². The second-order valence-electron chi connectivity index (χ2n) is 9.73. The van der Waals surface area contributed by atoms with Gasteiger partial charge in [-0.2, -0.15) is 10.1 Å². The molecule has 3 aromatic heterocycles. The molecule has 0 fully saturated rings. The van der Waals surface area contributed by atoms with Crippen LogP contribution >= 0.6 is 11.6 Å². The summed E-state index contributed by atoms with van der Waals surface area (Å²) in [7, 11) is 1.63. The van der Waals surface area contributed by atoms with Crippen LogP contribution in [0.25, 0.3) is 16.9 Å². The zero-order valence-corrected chi connectivity index (χ0v) is 22.9. The molecule has 5 aromatic rings. The van der Waals surface area contributed by atoms with Crippen molar-refractivity contribution in [3.8, 4) is 11.7 Å². The minimum Gasteiger partial charge on any atom is -0.478 e. The van der Waals surface area contributed by atoms with Gasteiger partial charge < -0.3 is 19.1 Å². The van der Waals surface area contributed by atoms with Gasteiger partial charge >= 0.3 is 5.97 Å². The van der Waals surface area contributed by atoms with E-state index in [1.165, 1.54) is 6.07 Å². The number of imidazole rings is 1. The molecule has 0 saturated heterocycles. The van der Waals surface area contributed by atoms with Gasteiger partial charge in [0.1, 0.15) is 18.2 Å². The van der Waals surface area contributed by atoms with Crippen molar-refractivity contribution in [2.45, 2.75) is 32.8 Å². The molecule has 41 heavy (non-hydrogen) atoms. The zero-order valence-electron chi connectivity index (χ0n) is 22.1. The molecule has 12 heteroatoms. The number of nitrogens with zero attached hydrogens (tertiary/aromatic N) is 6. The first kappa shape index (κ1) is 26.9. The van der Waals surface area contributed by atoms with E-state index in [0.717, 1.165) is 28.1 Å². The summed E-state index contributed by atoms with van der Waals surface area (Å²) in [5.74, 6) is 0.380. The van der Waals surface area contributed by atoms with E-state index in [0.29, 0.717) is 55.1 Å². The quantitative estimate of drug-likeness (QED) is 0.251. The highest BCUT2D eigenvalue weighted by atomic mass is 35.5. The summed E-state index contributed by atoms with van der Waals surface area (Å²) in [6.45, 7) is 2.94. The molecule has 0 radical (unpaired) electrons. The van der Waals surface area contributed by atoms with Gasteiger partial charge in [-0.15, -0.1) is 0 Å². The van der Waals surface area contributed by atoms with Gasteiger partial charge in [-0.25, -0.2) is 18.9 Å². The maximum atomic E-state index is 14.1. The maximum absolute atomic E-state index is 14.1. The summed E-state index contributed by atoms with van der Waals surface area (Å²) in [6, 6.07) is 14.8. The molecule has 4 heterocycles. The standard InChI is InChI=1S/C29H26ClFN6O4/c1-40-10-9-36-25-11-18(29(38)39)6-8-23(25)32-27(36)16-35-13-20-14-37(34-24(20)15-35)26-3-2-4-28(33-26)41-17-19-5-7-21(30)12-22(19)31/h2-8,11-12,14H,9-10,13,15-17H2,1H3,(H,38,39). The molecule has 10 nitrogen and oxygen atoms in total. The van der Waals surface area contributed by atoms with Crippen molar-refractivity contribution < 1.29 is 23.8 Å². The van der Waals surface area contributed by atoms with Crippen LogP contribution in [0.4, 0.5) is 4.39 Å². The van der Waals surface area contributed by atoms with Crippen LogP contribution in [-0.2, 0) is 37.5 Å². The van der Waals surface area contributed by atoms with Crippen LogP contribution < -0.4 is 4.74 Å². The predicted octanol–water partition coefficient (Wildman–Crippen LogP) is 4.85. The Morgan fingerprint density at radius 2 is 2.00 bits per heavy atom. The van der Waals surface area contributed by atoms with Crippen LogP contribution in [0.1, 0.15) is 33.0 Å². The van der Waals surface area contributed by atoms with Crippen molar-refractivity contribution >= 4 is 28.6 Å². The lowest BCUT2D eigenvalue weighted by Gasteiger charge is -2.16. The predicted molar refractivity (Wildman–Crippen MR) is 149 cm³/mol. The second-order valence-corrected chi connectivity index (χ2v) is 10.2. The average Bonchev–Trinajstić information content (AvgIpc) is 3.62. The van der Waals surface area contributed by atoms with Gasteiger partial charge in [-0.1, -0.05) is 23.7 Å². The van der Waals surface area contributed by atoms with Gasteiger partial charge in [0.15, 0.2) is 5.82 Å². The Balaban J connectivity index is 1.15. The second kappa shape index (κ2) is 11.3. The van der Waals surface area contributed by atoms with Crippen LogP contribution in [-0.4, -0.2) is 54.0 Å². The van der Waals surface area contributed by atoms with E-state index in [9.17, 15) is 14.3 Å². The lowest BCUT2D eigenvalue weighted by molar-refractivity contribution is 0.0697. The van der Waals surface area contributed by atoms with Gasteiger partial charge in [-0.3, -0.25) is 4.90 Å². The summed E-state index contributed by atoms with van der Waals surface area (Å²) in [6.07, 6.45) is 1.95. The molecular formula is C29H26ClFN6O4. The largest absolute Gasteiger partial charge is 0.478 e. The molecule has 1 aliphatic rings. The van der Waals surface area contributed by atoms with Gasteiger partial charge in [0.05, 0.1) is 35.4 Å². The van der Waals surface area contributed by atoms with Crippen molar-refractivity contribution in [1.29, 1.82) is 0 Å². The topological polar surface area (TPSA) is 108 Å². The van der Waals surface area contributed by atoms with Crippen molar-refractivity contribution in [3.63, 3.8) is 0 Å². The SMILES string of the molecule is COCCn1c(CN2Cc3cn(-c4cccc(OCc5ccc(Cl)cc5F)n4)nc3C2)nc2ccc(C(=O)O)cc21. The molecule has 0 saturated carbocycles. The first-order valence-corrected chi connectivity index (χ1v) is 13.3. The minimum atomic E-state index is -0.975. The number of rotatable bonds is 10. The number of hydrogen-bond donors (Lipinski definition) is 1. The number of fused-ring (bicyclic) bond motifs is 2. The lowest BCUT2D eigenvalue weighted by Crippen LogP contribution is -2.20. The highest BCUT2D eigenvalue weighted by Crippen LogP contribution is 2.27. The number of aromatic nitrogens is 5. The molecule has 6 rings (SSSR count). The smallest absolute Gasteiger partial charge is 0.335 e. The van der Waals surface area contributed by atoms with E-state index in [1.54, 1.807) is 48.2 Å². The molecule has 1 N–H and O–H groups in total. The molecule has 0 atom stereocenters. The number of hydrogen-bond acceptors (Lipinski definition) is 7. The highest BCUT2D eigenvalue weighted by molar-refractivity contribution is 6.30. The number of benzene rings is 2. The van der Waals surface area contributed by atoms with Crippen LogP contribution in [0.15, 0.2) is 60.8 Å². The molecule has 210 valence electrons. The molecule has 0 spiro atoms. The number of carboxylic acid groups (broad SMARTS) is 1. The molecule has 0 amide bonds. The average molecular weight is 577 g/mol. The van der Waals surface area contributed by atoms with Gasteiger partial charge in [0.2, 0.25) is 5.88 Å². The van der Waals surface area contributed by atoms with Gasteiger partial charge in [-0.05, 0) is 36.4 Å². The van der Waals surface area contributed by atoms with E-state index in [-0.39, 0.29) is 12.2 Å². The minimum absolute atomic E-state index is 0.0246. The normalized spacial score (nSPS) is 13.1. The summed E-state index contributed by atoms with van der Waals surface area (Å²) in [4.78, 5) is 23.1. The van der Waals surface area contributed by atoms with E-state index in [2.05, 4.69) is 9.88 Å². The Labute approximate surface area is 239 Å². The van der Waals surface area contributed by atoms with Crippen molar-refractivity contribution in [2.75, 3.05) is 13.7 Å². The van der Waals surface area contributed by atoms with E-state index < -0.39 is 11.8 Å². The maximum Gasteiger partial charge on any atom is 0.335 e. The third kappa shape index (κ3) is 5.64. The number of pyridine rings is 1. The fourth-order valence-electron chi connectivity index (χ4n) is 4.91. The Morgan fingerprint density at radius 1 is 1.12 bits per heavy atom. The molecule has 1 aliphatic heterocycles. The Hall–Kier alpha value is -4.32. The molecule has 0 unspecified atom stereocenters. The zero-order chi connectivity index (χ0) is 28.5. The number of halogens is 2. The number of carboxylic acids is 1. The molecular weight excluding hydrogens is 551 g/mol. The van der Waals surface area contributed by atoms with Crippen molar-refractivity contribution in [2.24, 2.45) is 0 Å². The Morgan fingerprint density at radius 3 is 2.78 bits per heavy atom. The van der Waals surface area contributed by atoms with E-state index in [1.807, 2.05) is 22.9 Å².